The molecule has 0 radical (unpaired) electrons. The van der Waals surface area contributed by atoms with Crippen LogP contribution in [0.2, 0.25) is 0 Å². The number of hydrogen-bond donors (Lipinski definition) is 1. The standard InChI is InChI=1S/C16H31N3O/c1-2-19(12-14-6-5-11-20-14)16(13-17)8-10-18-9-4-3-7-15(16)18/h14-15H,2-13,17H2,1H3. The van der Waals surface area contributed by atoms with Gasteiger partial charge in [-0.25, -0.2) is 0 Å². The van der Waals surface area contributed by atoms with E-state index in [0.717, 1.165) is 26.2 Å². The van der Waals surface area contributed by atoms with E-state index in [1.165, 1.54) is 51.6 Å². The second-order valence-corrected chi connectivity index (χ2v) is 6.78. The van der Waals surface area contributed by atoms with Crippen molar-refractivity contribution in [1.82, 2.24) is 9.80 Å². The van der Waals surface area contributed by atoms with Gasteiger partial charge in [0.15, 0.2) is 0 Å². The molecule has 3 heterocycles. The van der Waals surface area contributed by atoms with Gasteiger partial charge in [0.25, 0.3) is 0 Å². The minimum absolute atomic E-state index is 0.209. The highest BCUT2D eigenvalue weighted by Gasteiger charge is 2.50. The molecule has 0 aromatic rings. The number of hydrogen-bond acceptors (Lipinski definition) is 4. The summed E-state index contributed by atoms with van der Waals surface area (Å²) < 4.78 is 5.87. The SMILES string of the molecule is CCN(CC1CCCO1)C1(CN)CCN2CCCCC21. The molecule has 3 aliphatic rings. The summed E-state index contributed by atoms with van der Waals surface area (Å²) in [6.45, 7) is 8.74. The minimum Gasteiger partial charge on any atom is -0.377 e. The molecule has 4 heteroatoms. The van der Waals surface area contributed by atoms with Crippen molar-refractivity contribution in [2.24, 2.45) is 5.73 Å². The van der Waals surface area contributed by atoms with Crippen LogP contribution in [0.5, 0.6) is 0 Å². The van der Waals surface area contributed by atoms with Crippen molar-refractivity contribution in [3.05, 3.63) is 0 Å². The Labute approximate surface area is 123 Å². The van der Waals surface area contributed by atoms with E-state index in [0.29, 0.717) is 12.1 Å². The first kappa shape index (κ1) is 14.8. The number of fused-ring (bicyclic) bond motifs is 1. The van der Waals surface area contributed by atoms with E-state index in [1.807, 2.05) is 0 Å². The van der Waals surface area contributed by atoms with E-state index in [1.54, 1.807) is 0 Å². The van der Waals surface area contributed by atoms with Crippen LogP contribution < -0.4 is 5.73 Å². The molecule has 116 valence electrons. The maximum Gasteiger partial charge on any atom is 0.0703 e. The van der Waals surface area contributed by atoms with Crippen molar-refractivity contribution in [3.8, 4) is 0 Å². The highest BCUT2D eigenvalue weighted by Crippen LogP contribution is 2.39. The molecular formula is C16H31N3O. The first-order chi connectivity index (χ1) is 9.80. The zero-order valence-corrected chi connectivity index (χ0v) is 13.0. The van der Waals surface area contributed by atoms with Crippen LogP contribution >= 0.6 is 0 Å². The van der Waals surface area contributed by atoms with Gasteiger partial charge in [0.1, 0.15) is 0 Å². The highest BCUT2D eigenvalue weighted by atomic mass is 16.5. The summed E-state index contributed by atoms with van der Waals surface area (Å²) in [5.74, 6) is 0. The zero-order chi connectivity index (χ0) is 14.0. The lowest BCUT2D eigenvalue weighted by Gasteiger charge is -2.48. The Hall–Kier alpha value is -0.160. The van der Waals surface area contributed by atoms with Crippen LogP contribution in [0.3, 0.4) is 0 Å². The molecule has 0 bridgehead atoms. The van der Waals surface area contributed by atoms with Crippen LogP contribution in [-0.4, -0.2) is 66.8 Å². The fourth-order valence-corrected chi connectivity index (χ4v) is 4.77. The molecule has 4 nitrogen and oxygen atoms in total. The molecule has 0 aromatic heterocycles. The molecular weight excluding hydrogens is 250 g/mol. The van der Waals surface area contributed by atoms with Crippen LogP contribution in [0.25, 0.3) is 0 Å². The van der Waals surface area contributed by atoms with E-state index in [2.05, 4.69) is 16.7 Å². The number of ether oxygens (including phenoxy) is 1. The Kier molecular flexibility index (Phi) is 4.65. The van der Waals surface area contributed by atoms with Crippen LogP contribution in [0.15, 0.2) is 0 Å². The molecule has 0 amide bonds. The molecule has 0 saturated carbocycles. The lowest BCUT2D eigenvalue weighted by Crippen LogP contribution is -2.62. The largest absolute Gasteiger partial charge is 0.377 e. The van der Waals surface area contributed by atoms with Gasteiger partial charge < -0.3 is 10.5 Å². The van der Waals surface area contributed by atoms with Crippen molar-refractivity contribution < 1.29 is 4.74 Å². The number of rotatable bonds is 5. The quantitative estimate of drug-likeness (QED) is 0.828. The topological polar surface area (TPSA) is 41.7 Å². The minimum atomic E-state index is 0.209. The predicted molar refractivity (Wildman–Crippen MR) is 81.8 cm³/mol. The summed E-state index contributed by atoms with van der Waals surface area (Å²) in [5, 5.41) is 0. The average molecular weight is 281 g/mol. The molecule has 3 rings (SSSR count). The summed E-state index contributed by atoms with van der Waals surface area (Å²) in [6, 6.07) is 0.683. The van der Waals surface area contributed by atoms with Gasteiger partial charge in [0.05, 0.1) is 6.10 Å². The number of piperidine rings is 1. The Bertz CT molecular complexity index is 319. The molecule has 3 atom stereocenters. The third kappa shape index (κ3) is 2.52. The van der Waals surface area contributed by atoms with Crippen LogP contribution in [0, 0.1) is 0 Å². The van der Waals surface area contributed by atoms with Crippen LogP contribution in [0.4, 0.5) is 0 Å². The van der Waals surface area contributed by atoms with Crippen LogP contribution in [0.1, 0.15) is 45.4 Å². The summed E-state index contributed by atoms with van der Waals surface area (Å²) in [4.78, 5) is 5.37. The Morgan fingerprint density at radius 3 is 2.85 bits per heavy atom. The third-order valence-corrected chi connectivity index (χ3v) is 5.88. The van der Waals surface area contributed by atoms with E-state index < -0.39 is 0 Å². The number of nitrogens with zero attached hydrogens (tertiary/aromatic N) is 2. The van der Waals surface area contributed by atoms with Crippen molar-refractivity contribution in [3.63, 3.8) is 0 Å². The maximum absolute atomic E-state index is 6.32. The first-order valence-electron chi connectivity index (χ1n) is 8.61. The third-order valence-electron chi connectivity index (χ3n) is 5.88. The van der Waals surface area contributed by atoms with Gasteiger partial charge in [0.2, 0.25) is 0 Å². The average Bonchev–Trinajstić information content (AvgIpc) is 3.13. The molecule has 3 saturated heterocycles. The maximum atomic E-state index is 6.32. The second-order valence-electron chi connectivity index (χ2n) is 6.78. The van der Waals surface area contributed by atoms with Gasteiger partial charge in [-0.3, -0.25) is 9.80 Å². The second kappa shape index (κ2) is 6.30. The zero-order valence-electron chi connectivity index (χ0n) is 13.0. The van der Waals surface area contributed by atoms with E-state index >= 15 is 0 Å². The van der Waals surface area contributed by atoms with E-state index in [-0.39, 0.29) is 5.54 Å². The Morgan fingerprint density at radius 2 is 2.15 bits per heavy atom. The first-order valence-corrected chi connectivity index (χ1v) is 8.61. The molecule has 0 aliphatic carbocycles. The Morgan fingerprint density at radius 1 is 1.25 bits per heavy atom. The summed E-state index contributed by atoms with van der Waals surface area (Å²) >= 11 is 0. The number of nitrogens with two attached hydrogens (primary N) is 1. The van der Waals surface area contributed by atoms with Gasteiger partial charge in [0, 0.05) is 37.8 Å². The highest BCUT2D eigenvalue weighted by molar-refractivity contribution is 5.09. The van der Waals surface area contributed by atoms with Crippen molar-refractivity contribution in [1.29, 1.82) is 0 Å². The monoisotopic (exact) mass is 281 g/mol. The van der Waals surface area contributed by atoms with E-state index in [4.69, 9.17) is 10.5 Å². The summed E-state index contributed by atoms with van der Waals surface area (Å²) in [5.41, 5.74) is 6.53. The molecule has 0 aromatic carbocycles. The van der Waals surface area contributed by atoms with Crippen molar-refractivity contribution >= 4 is 0 Å². The molecule has 0 spiro atoms. The van der Waals surface area contributed by atoms with Crippen molar-refractivity contribution in [2.45, 2.75) is 63.1 Å². The van der Waals surface area contributed by atoms with Crippen molar-refractivity contribution in [2.75, 3.05) is 39.3 Å². The lowest BCUT2D eigenvalue weighted by atomic mass is 9.83. The normalized spacial score (nSPS) is 38.5. The van der Waals surface area contributed by atoms with Gasteiger partial charge >= 0.3 is 0 Å². The van der Waals surface area contributed by atoms with Crippen LogP contribution in [-0.2, 0) is 4.74 Å². The lowest BCUT2D eigenvalue weighted by molar-refractivity contribution is -0.000884. The van der Waals surface area contributed by atoms with E-state index in [9.17, 15) is 0 Å². The Balaban J connectivity index is 1.75. The fraction of sp³-hybridized carbons (Fsp3) is 1.00. The predicted octanol–water partition coefficient (Wildman–Crippen LogP) is 1.44. The van der Waals surface area contributed by atoms with Gasteiger partial charge in [-0.05, 0) is 45.2 Å². The van der Waals surface area contributed by atoms with Gasteiger partial charge in [-0.15, -0.1) is 0 Å². The molecule has 20 heavy (non-hydrogen) atoms. The molecule has 2 N–H and O–H groups in total. The van der Waals surface area contributed by atoms with Gasteiger partial charge in [-0.1, -0.05) is 13.3 Å². The smallest absolute Gasteiger partial charge is 0.0703 e. The molecule has 3 unspecified atom stereocenters. The van der Waals surface area contributed by atoms with Gasteiger partial charge in [-0.2, -0.15) is 0 Å². The number of likely N-dealkylation sites (N-methyl/N-ethyl adjacent to an activating group) is 1. The molecule has 3 aliphatic heterocycles. The fourth-order valence-electron chi connectivity index (χ4n) is 4.77. The summed E-state index contributed by atoms with van der Waals surface area (Å²) in [6.07, 6.45) is 8.22. The summed E-state index contributed by atoms with van der Waals surface area (Å²) in [7, 11) is 0. The molecule has 3 fully saturated rings.